The van der Waals surface area contributed by atoms with E-state index in [1.807, 2.05) is 18.2 Å². The van der Waals surface area contributed by atoms with Crippen LogP contribution in [0.25, 0.3) is 0 Å². The third-order valence-corrected chi connectivity index (χ3v) is 4.77. The summed E-state index contributed by atoms with van der Waals surface area (Å²) in [4.78, 5) is 25.2. The fourth-order valence-electron chi connectivity index (χ4n) is 3.20. The van der Waals surface area contributed by atoms with E-state index in [2.05, 4.69) is 37.2 Å². The maximum atomic E-state index is 13.3. The van der Waals surface area contributed by atoms with E-state index in [4.69, 9.17) is 0 Å². The molecule has 1 aliphatic rings. The quantitative estimate of drug-likeness (QED) is 0.734. The second kappa shape index (κ2) is 8.22. The van der Waals surface area contributed by atoms with Gasteiger partial charge >= 0.3 is 0 Å². The number of nitrogens with one attached hydrogen (secondary N) is 1. The first kappa shape index (κ1) is 18.8. The van der Waals surface area contributed by atoms with E-state index < -0.39 is 17.5 Å². The van der Waals surface area contributed by atoms with Crippen LogP contribution in [0.1, 0.15) is 10.5 Å². The zero-order valence-corrected chi connectivity index (χ0v) is 15.6. The summed E-state index contributed by atoms with van der Waals surface area (Å²) in [7, 11) is 0. The van der Waals surface area contributed by atoms with Crippen molar-refractivity contribution in [1.29, 1.82) is 0 Å². The molecule has 2 heterocycles. The number of para-hydroxylation sites is 1. The van der Waals surface area contributed by atoms with Crippen LogP contribution in [0.5, 0.6) is 0 Å². The highest BCUT2D eigenvalue weighted by atomic mass is 19.2. The van der Waals surface area contributed by atoms with Crippen molar-refractivity contribution in [2.45, 2.75) is 0 Å². The molecule has 0 bridgehead atoms. The van der Waals surface area contributed by atoms with Gasteiger partial charge in [0, 0.05) is 43.6 Å². The van der Waals surface area contributed by atoms with Gasteiger partial charge < -0.3 is 15.1 Å². The number of hydrogen-bond donors (Lipinski definition) is 1. The lowest BCUT2D eigenvalue weighted by Crippen LogP contribution is -2.46. The second-order valence-electron chi connectivity index (χ2n) is 6.65. The standard InChI is InChI=1S/C21H19F2N5O/c22-17-7-6-15(12-18(17)23)26-21(29)19-13-25-20(14-24-19)28-10-8-27(9-11-28)16-4-2-1-3-5-16/h1-7,12-14H,8-11H2,(H,26,29). The number of benzene rings is 2. The summed E-state index contributed by atoms with van der Waals surface area (Å²) in [6.45, 7) is 3.32. The third kappa shape index (κ3) is 4.31. The number of piperazine rings is 1. The second-order valence-corrected chi connectivity index (χ2v) is 6.65. The topological polar surface area (TPSA) is 61.4 Å². The molecule has 1 N–H and O–H groups in total. The highest BCUT2D eigenvalue weighted by Crippen LogP contribution is 2.19. The molecule has 2 aromatic carbocycles. The van der Waals surface area contributed by atoms with E-state index in [-0.39, 0.29) is 11.4 Å². The largest absolute Gasteiger partial charge is 0.368 e. The maximum absolute atomic E-state index is 13.3. The molecule has 148 valence electrons. The number of aromatic nitrogens is 2. The Balaban J connectivity index is 1.36. The summed E-state index contributed by atoms with van der Waals surface area (Å²) in [6.07, 6.45) is 2.94. The number of anilines is 3. The van der Waals surface area contributed by atoms with Gasteiger partial charge in [0.1, 0.15) is 11.5 Å². The maximum Gasteiger partial charge on any atom is 0.275 e. The van der Waals surface area contributed by atoms with Crippen LogP contribution >= 0.6 is 0 Å². The van der Waals surface area contributed by atoms with Gasteiger partial charge in [0.05, 0.1) is 12.4 Å². The summed E-state index contributed by atoms with van der Waals surface area (Å²) in [5.41, 5.74) is 1.45. The lowest BCUT2D eigenvalue weighted by Gasteiger charge is -2.36. The van der Waals surface area contributed by atoms with Crippen LogP contribution in [0.4, 0.5) is 26.0 Å². The predicted molar refractivity (Wildman–Crippen MR) is 107 cm³/mol. The number of carbonyl (C=O) groups excluding carboxylic acids is 1. The van der Waals surface area contributed by atoms with Gasteiger partial charge in [-0.2, -0.15) is 0 Å². The first-order valence-electron chi connectivity index (χ1n) is 9.23. The molecule has 1 aromatic heterocycles. The van der Waals surface area contributed by atoms with Gasteiger partial charge in [0.15, 0.2) is 11.6 Å². The molecule has 3 aromatic rings. The molecule has 1 amide bonds. The Labute approximate surface area is 166 Å². The van der Waals surface area contributed by atoms with E-state index >= 15 is 0 Å². The Bertz CT molecular complexity index is 990. The van der Waals surface area contributed by atoms with Crippen molar-refractivity contribution in [3.05, 3.63) is 78.3 Å². The fraction of sp³-hybridized carbons (Fsp3) is 0.190. The number of rotatable bonds is 4. The van der Waals surface area contributed by atoms with Crippen LogP contribution in [0.2, 0.25) is 0 Å². The monoisotopic (exact) mass is 395 g/mol. The van der Waals surface area contributed by atoms with Gasteiger partial charge in [0.25, 0.3) is 5.91 Å². The number of carbonyl (C=O) groups is 1. The van der Waals surface area contributed by atoms with Crippen molar-refractivity contribution in [3.8, 4) is 0 Å². The summed E-state index contributed by atoms with van der Waals surface area (Å²) >= 11 is 0. The van der Waals surface area contributed by atoms with Crippen molar-refractivity contribution < 1.29 is 13.6 Å². The molecule has 4 rings (SSSR count). The van der Waals surface area contributed by atoms with Gasteiger partial charge in [0.2, 0.25) is 0 Å². The Morgan fingerprint density at radius 3 is 2.24 bits per heavy atom. The molecule has 8 heteroatoms. The van der Waals surface area contributed by atoms with Gasteiger partial charge in [-0.3, -0.25) is 4.79 Å². The summed E-state index contributed by atoms with van der Waals surface area (Å²) < 4.78 is 26.2. The third-order valence-electron chi connectivity index (χ3n) is 4.77. The van der Waals surface area contributed by atoms with Crippen molar-refractivity contribution >= 4 is 23.1 Å². The van der Waals surface area contributed by atoms with E-state index in [1.165, 1.54) is 18.0 Å². The van der Waals surface area contributed by atoms with E-state index in [1.54, 1.807) is 6.20 Å². The van der Waals surface area contributed by atoms with Crippen LogP contribution in [0.3, 0.4) is 0 Å². The van der Waals surface area contributed by atoms with E-state index in [0.29, 0.717) is 5.82 Å². The number of halogens is 2. The van der Waals surface area contributed by atoms with Crippen molar-refractivity contribution in [2.75, 3.05) is 41.3 Å². The molecule has 0 aliphatic carbocycles. The minimum Gasteiger partial charge on any atom is -0.368 e. The van der Waals surface area contributed by atoms with Crippen LogP contribution < -0.4 is 15.1 Å². The van der Waals surface area contributed by atoms with Crippen LogP contribution in [0, 0.1) is 11.6 Å². The molecule has 6 nitrogen and oxygen atoms in total. The molecule has 0 atom stereocenters. The smallest absolute Gasteiger partial charge is 0.275 e. The SMILES string of the molecule is O=C(Nc1ccc(F)c(F)c1)c1cnc(N2CCN(c3ccccc3)CC2)cn1. The lowest BCUT2D eigenvalue weighted by molar-refractivity contribution is 0.102. The Kier molecular flexibility index (Phi) is 5.33. The van der Waals surface area contributed by atoms with E-state index in [9.17, 15) is 13.6 Å². The molecule has 0 saturated carbocycles. The molecular formula is C21H19F2N5O. The molecule has 0 radical (unpaired) electrons. The molecule has 0 unspecified atom stereocenters. The Morgan fingerprint density at radius 2 is 1.59 bits per heavy atom. The lowest BCUT2D eigenvalue weighted by atomic mass is 10.2. The van der Waals surface area contributed by atoms with Gasteiger partial charge in [-0.05, 0) is 24.3 Å². The van der Waals surface area contributed by atoms with Crippen molar-refractivity contribution in [1.82, 2.24) is 9.97 Å². The van der Waals surface area contributed by atoms with Crippen LogP contribution in [-0.2, 0) is 0 Å². The molecular weight excluding hydrogens is 376 g/mol. The normalized spacial score (nSPS) is 14.0. The molecule has 29 heavy (non-hydrogen) atoms. The zero-order chi connectivity index (χ0) is 20.2. The summed E-state index contributed by atoms with van der Waals surface area (Å²) in [6, 6.07) is 13.4. The predicted octanol–water partition coefficient (Wildman–Crippen LogP) is 3.33. The van der Waals surface area contributed by atoms with E-state index in [0.717, 1.165) is 38.3 Å². The first-order chi connectivity index (χ1) is 14.1. The Morgan fingerprint density at radius 1 is 0.862 bits per heavy atom. The minimum atomic E-state index is -1.03. The summed E-state index contributed by atoms with van der Waals surface area (Å²) in [5, 5.41) is 2.48. The van der Waals surface area contributed by atoms with Crippen LogP contribution in [0.15, 0.2) is 60.9 Å². The number of hydrogen-bond acceptors (Lipinski definition) is 5. The molecule has 0 spiro atoms. The average molecular weight is 395 g/mol. The highest BCUT2D eigenvalue weighted by Gasteiger charge is 2.19. The average Bonchev–Trinajstić information content (AvgIpc) is 2.77. The molecule has 1 aliphatic heterocycles. The molecule has 1 saturated heterocycles. The molecule has 1 fully saturated rings. The number of nitrogens with zero attached hydrogens (tertiary/aromatic N) is 4. The highest BCUT2D eigenvalue weighted by molar-refractivity contribution is 6.02. The van der Waals surface area contributed by atoms with Gasteiger partial charge in [-0.1, -0.05) is 18.2 Å². The summed E-state index contributed by atoms with van der Waals surface area (Å²) in [5.74, 6) is -1.84. The van der Waals surface area contributed by atoms with Gasteiger partial charge in [-0.25, -0.2) is 18.7 Å². The fourth-order valence-corrected chi connectivity index (χ4v) is 3.20. The van der Waals surface area contributed by atoms with Crippen LogP contribution in [-0.4, -0.2) is 42.1 Å². The zero-order valence-electron chi connectivity index (χ0n) is 15.6. The van der Waals surface area contributed by atoms with Gasteiger partial charge in [-0.15, -0.1) is 0 Å². The van der Waals surface area contributed by atoms with Crippen molar-refractivity contribution in [2.24, 2.45) is 0 Å². The Hall–Kier alpha value is -3.55. The minimum absolute atomic E-state index is 0.0985. The number of amides is 1. The van der Waals surface area contributed by atoms with Crippen molar-refractivity contribution in [3.63, 3.8) is 0 Å². The first-order valence-corrected chi connectivity index (χ1v) is 9.23.